The number of benzene rings is 1. The summed E-state index contributed by atoms with van der Waals surface area (Å²) in [5, 5.41) is 9.17. The first kappa shape index (κ1) is 19.3. The zero-order valence-corrected chi connectivity index (χ0v) is 14.5. The van der Waals surface area contributed by atoms with Crippen molar-refractivity contribution in [3.05, 3.63) is 23.8 Å². The van der Waals surface area contributed by atoms with Gasteiger partial charge in [-0.2, -0.15) is 0 Å². The van der Waals surface area contributed by atoms with E-state index in [1.807, 2.05) is 32.0 Å². The average Bonchev–Trinajstić information content (AvgIpc) is 2.53. The van der Waals surface area contributed by atoms with E-state index in [0.717, 1.165) is 17.1 Å². The van der Waals surface area contributed by atoms with Crippen LogP contribution in [0.4, 0.5) is 0 Å². The van der Waals surface area contributed by atoms with Gasteiger partial charge in [0, 0.05) is 6.54 Å². The van der Waals surface area contributed by atoms with Crippen LogP contribution in [0.1, 0.15) is 45.6 Å². The highest BCUT2D eigenvalue weighted by Gasteiger charge is 2.23. The van der Waals surface area contributed by atoms with E-state index in [1.54, 1.807) is 0 Å². The molecule has 0 saturated heterocycles. The molecule has 0 saturated carbocycles. The quantitative estimate of drug-likeness (QED) is 0.690. The number of hydrogen-bond acceptors (Lipinski definition) is 4. The fourth-order valence-electron chi connectivity index (χ4n) is 2.63. The van der Waals surface area contributed by atoms with Crippen LogP contribution in [0, 0.1) is 11.8 Å². The number of carboxylic acids is 1. The molecule has 0 fully saturated rings. The molecule has 0 aliphatic carbocycles. The second-order valence-corrected chi connectivity index (χ2v) is 5.84. The summed E-state index contributed by atoms with van der Waals surface area (Å²) < 4.78 is 11.2. The molecule has 0 radical (unpaired) electrons. The van der Waals surface area contributed by atoms with Crippen LogP contribution >= 0.6 is 0 Å². The van der Waals surface area contributed by atoms with Crippen LogP contribution in [0.2, 0.25) is 0 Å². The van der Waals surface area contributed by atoms with Crippen LogP contribution in [0.5, 0.6) is 11.5 Å². The third-order valence-corrected chi connectivity index (χ3v) is 4.24. The lowest BCUT2D eigenvalue weighted by Gasteiger charge is -2.24. The zero-order valence-electron chi connectivity index (χ0n) is 14.5. The van der Waals surface area contributed by atoms with Gasteiger partial charge in [-0.15, -0.1) is 0 Å². The Morgan fingerprint density at radius 1 is 1.17 bits per heavy atom. The van der Waals surface area contributed by atoms with Crippen molar-refractivity contribution in [2.75, 3.05) is 19.8 Å². The van der Waals surface area contributed by atoms with Crippen LogP contribution in [-0.4, -0.2) is 30.8 Å². The number of aliphatic carboxylic acids is 1. The fraction of sp³-hybridized carbons (Fsp3) is 0.611. The summed E-state index contributed by atoms with van der Waals surface area (Å²) in [6.07, 6.45) is 0.560. The molecule has 23 heavy (non-hydrogen) atoms. The molecule has 5 nitrogen and oxygen atoms in total. The topological polar surface area (TPSA) is 81.8 Å². The first-order chi connectivity index (χ1) is 10.9. The second-order valence-electron chi connectivity index (χ2n) is 5.84. The summed E-state index contributed by atoms with van der Waals surface area (Å²) in [5.74, 6) is 0.558. The fourth-order valence-corrected chi connectivity index (χ4v) is 2.63. The van der Waals surface area contributed by atoms with E-state index in [9.17, 15) is 4.79 Å². The van der Waals surface area contributed by atoms with E-state index in [-0.39, 0.29) is 18.4 Å². The molecule has 0 amide bonds. The van der Waals surface area contributed by atoms with Crippen LogP contribution < -0.4 is 15.2 Å². The maximum atomic E-state index is 11.2. The summed E-state index contributed by atoms with van der Waals surface area (Å²) in [6, 6.07) is 5.94. The van der Waals surface area contributed by atoms with Gasteiger partial charge in [0.1, 0.15) is 0 Å². The summed E-state index contributed by atoms with van der Waals surface area (Å²) in [6.45, 7) is 9.36. The summed E-state index contributed by atoms with van der Waals surface area (Å²) in [7, 11) is 0. The van der Waals surface area contributed by atoms with Gasteiger partial charge >= 0.3 is 5.97 Å². The lowest BCUT2D eigenvalue weighted by atomic mass is 9.82. The predicted molar refractivity (Wildman–Crippen MR) is 91.2 cm³/mol. The Balaban J connectivity index is 2.91. The van der Waals surface area contributed by atoms with Gasteiger partial charge in [-0.25, -0.2) is 0 Å². The highest BCUT2D eigenvalue weighted by Crippen LogP contribution is 2.35. The Hall–Kier alpha value is -1.75. The molecule has 0 bridgehead atoms. The van der Waals surface area contributed by atoms with Crippen LogP contribution in [0.15, 0.2) is 18.2 Å². The molecule has 0 aromatic heterocycles. The maximum Gasteiger partial charge on any atom is 0.307 e. The van der Waals surface area contributed by atoms with Gasteiger partial charge in [-0.05, 0) is 49.8 Å². The Morgan fingerprint density at radius 3 is 2.30 bits per heavy atom. The number of nitrogens with two attached hydrogens (primary N) is 1. The molecule has 0 aliphatic rings. The van der Waals surface area contributed by atoms with Crippen LogP contribution in [0.3, 0.4) is 0 Å². The Morgan fingerprint density at radius 2 is 1.78 bits per heavy atom. The second kappa shape index (κ2) is 9.40. The SMILES string of the molecule is CCOc1ccc(C(C)C(C)CC(CN)C(=O)O)cc1OCC. The van der Waals surface area contributed by atoms with Gasteiger partial charge in [0.05, 0.1) is 19.1 Å². The Labute approximate surface area is 138 Å². The Bertz CT molecular complexity index is 504. The zero-order chi connectivity index (χ0) is 17.4. The Kier molecular flexibility index (Phi) is 7.89. The smallest absolute Gasteiger partial charge is 0.307 e. The monoisotopic (exact) mass is 323 g/mol. The van der Waals surface area contributed by atoms with Gasteiger partial charge in [0.25, 0.3) is 0 Å². The minimum absolute atomic E-state index is 0.167. The largest absolute Gasteiger partial charge is 0.490 e. The molecule has 1 aromatic carbocycles. The van der Waals surface area contributed by atoms with Crippen molar-refractivity contribution in [2.45, 2.75) is 40.0 Å². The molecule has 0 spiro atoms. The predicted octanol–water partition coefficient (Wildman–Crippen LogP) is 3.27. The maximum absolute atomic E-state index is 11.2. The molecule has 3 unspecified atom stereocenters. The van der Waals surface area contributed by atoms with Crippen molar-refractivity contribution in [3.8, 4) is 11.5 Å². The van der Waals surface area contributed by atoms with Gasteiger partial charge in [-0.3, -0.25) is 4.79 Å². The third-order valence-electron chi connectivity index (χ3n) is 4.24. The molecular weight excluding hydrogens is 294 g/mol. The van der Waals surface area contributed by atoms with E-state index in [4.69, 9.17) is 20.3 Å². The molecule has 0 heterocycles. The van der Waals surface area contributed by atoms with Crippen LogP contribution in [0.25, 0.3) is 0 Å². The van der Waals surface area contributed by atoms with Crippen molar-refractivity contribution in [3.63, 3.8) is 0 Å². The summed E-state index contributed by atoms with van der Waals surface area (Å²) in [4.78, 5) is 11.2. The minimum atomic E-state index is -0.826. The van der Waals surface area contributed by atoms with Gasteiger partial charge in [0.15, 0.2) is 11.5 Å². The summed E-state index contributed by atoms with van der Waals surface area (Å²) in [5.41, 5.74) is 6.68. The van der Waals surface area contributed by atoms with E-state index < -0.39 is 11.9 Å². The molecule has 3 atom stereocenters. The minimum Gasteiger partial charge on any atom is -0.490 e. The average molecular weight is 323 g/mol. The number of rotatable bonds is 10. The van der Waals surface area contributed by atoms with E-state index in [2.05, 4.69) is 13.8 Å². The van der Waals surface area contributed by atoms with Crippen molar-refractivity contribution in [1.82, 2.24) is 0 Å². The van der Waals surface area contributed by atoms with Crippen LogP contribution in [-0.2, 0) is 4.79 Å². The standard InChI is InChI=1S/C18H29NO4/c1-5-22-16-8-7-14(10-17(16)23-6-2)13(4)12(3)9-15(11-19)18(20)21/h7-8,10,12-13,15H,5-6,9,11,19H2,1-4H3,(H,20,21). The summed E-state index contributed by atoms with van der Waals surface area (Å²) >= 11 is 0. The number of ether oxygens (including phenoxy) is 2. The van der Waals surface area contributed by atoms with Crippen molar-refractivity contribution < 1.29 is 19.4 Å². The van der Waals surface area contributed by atoms with Gasteiger partial charge in [0.2, 0.25) is 0 Å². The van der Waals surface area contributed by atoms with E-state index in [1.165, 1.54) is 0 Å². The molecule has 1 rings (SSSR count). The first-order valence-corrected chi connectivity index (χ1v) is 8.26. The highest BCUT2D eigenvalue weighted by atomic mass is 16.5. The van der Waals surface area contributed by atoms with Crippen molar-refractivity contribution in [1.29, 1.82) is 0 Å². The molecular formula is C18H29NO4. The third kappa shape index (κ3) is 5.43. The normalized spacial score (nSPS) is 14.8. The molecule has 0 aliphatic heterocycles. The van der Waals surface area contributed by atoms with Crippen molar-refractivity contribution >= 4 is 5.97 Å². The van der Waals surface area contributed by atoms with Gasteiger partial charge < -0.3 is 20.3 Å². The lowest BCUT2D eigenvalue weighted by Crippen LogP contribution is -2.26. The molecule has 3 N–H and O–H groups in total. The molecule has 130 valence electrons. The lowest BCUT2D eigenvalue weighted by molar-refractivity contribution is -0.142. The highest BCUT2D eigenvalue weighted by molar-refractivity contribution is 5.70. The van der Waals surface area contributed by atoms with E-state index >= 15 is 0 Å². The number of carboxylic acid groups (broad SMARTS) is 1. The number of carbonyl (C=O) groups is 1. The molecule has 5 heteroatoms. The van der Waals surface area contributed by atoms with Gasteiger partial charge in [-0.1, -0.05) is 19.9 Å². The molecule has 1 aromatic rings. The number of hydrogen-bond donors (Lipinski definition) is 2. The first-order valence-electron chi connectivity index (χ1n) is 8.26. The van der Waals surface area contributed by atoms with E-state index in [0.29, 0.717) is 19.6 Å². The van der Waals surface area contributed by atoms with Crippen molar-refractivity contribution in [2.24, 2.45) is 17.6 Å².